The lowest BCUT2D eigenvalue weighted by atomic mass is 10.3. The highest BCUT2D eigenvalue weighted by Gasteiger charge is 2.15. The molecule has 28 heavy (non-hydrogen) atoms. The van der Waals surface area contributed by atoms with Gasteiger partial charge in [0.2, 0.25) is 0 Å². The quantitative estimate of drug-likeness (QED) is 0.476. The largest absolute Gasteiger partial charge is 0.385 e. The van der Waals surface area contributed by atoms with E-state index in [4.69, 9.17) is 5.73 Å². The molecule has 0 aliphatic rings. The maximum absolute atomic E-state index is 12.8. The third-order valence-electron chi connectivity index (χ3n) is 4.10. The van der Waals surface area contributed by atoms with Crippen molar-refractivity contribution in [2.45, 2.75) is 0 Å². The van der Waals surface area contributed by atoms with E-state index in [9.17, 15) is 9.59 Å². The van der Waals surface area contributed by atoms with Crippen molar-refractivity contribution < 1.29 is 4.79 Å². The number of rotatable bonds is 5. The molecule has 140 valence electrons. The Balaban J connectivity index is 1.80. The predicted octanol–water partition coefficient (Wildman–Crippen LogP) is 1.16. The van der Waals surface area contributed by atoms with Gasteiger partial charge in [0, 0.05) is 25.5 Å². The number of pyridine rings is 2. The minimum absolute atomic E-state index is 0.133. The van der Waals surface area contributed by atoms with Gasteiger partial charge in [-0.25, -0.2) is 14.5 Å². The molecule has 4 aromatic rings. The highest BCUT2D eigenvalue weighted by molar-refractivity contribution is 5.92. The van der Waals surface area contributed by atoms with Gasteiger partial charge in [-0.05, 0) is 24.3 Å². The Hall–Kier alpha value is -4.21. The van der Waals surface area contributed by atoms with E-state index in [1.807, 2.05) is 0 Å². The van der Waals surface area contributed by atoms with Crippen LogP contribution in [0.3, 0.4) is 0 Å². The molecule has 0 spiro atoms. The number of nitrogens with two attached hydrogens (primary N) is 1. The summed E-state index contributed by atoms with van der Waals surface area (Å²) < 4.78 is 2.75. The molecule has 0 atom stereocenters. The van der Waals surface area contributed by atoms with Gasteiger partial charge in [-0.15, -0.1) is 5.10 Å². The van der Waals surface area contributed by atoms with E-state index in [2.05, 4.69) is 25.7 Å². The SMILES string of the molecule is CNc1cc(Nc2cccn(-c3ccccn3)c2=O)nn2c(C(N)=O)cnc12. The second kappa shape index (κ2) is 6.83. The second-order valence-corrected chi connectivity index (χ2v) is 5.85. The summed E-state index contributed by atoms with van der Waals surface area (Å²) in [5, 5.41) is 10.3. The molecule has 0 aromatic carbocycles. The first-order chi connectivity index (χ1) is 13.6. The molecule has 0 bridgehead atoms. The number of carbonyl (C=O) groups excluding carboxylic acids is 1. The number of imidazole rings is 1. The predicted molar refractivity (Wildman–Crippen MR) is 104 cm³/mol. The van der Waals surface area contributed by atoms with E-state index in [1.54, 1.807) is 55.8 Å². The zero-order chi connectivity index (χ0) is 19.7. The number of amides is 1. The molecule has 0 radical (unpaired) electrons. The van der Waals surface area contributed by atoms with Gasteiger partial charge in [-0.1, -0.05) is 6.07 Å². The van der Waals surface area contributed by atoms with Crippen LogP contribution in [0.25, 0.3) is 11.5 Å². The van der Waals surface area contributed by atoms with Crippen LogP contribution >= 0.6 is 0 Å². The van der Waals surface area contributed by atoms with E-state index in [-0.39, 0.29) is 11.3 Å². The average molecular weight is 376 g/mol. The summed E-state index contributed by atoms with van der Waals surface area (Å²) in [7, 11) is 1.72. The van der Waals surface area contributed by atoms with Crippen molar-refractivity contribution in [3.8, 4) is 5.82 Å². The first kappa shape index (κ1) is 17.2. The summed E-state index contributed by atoms with van der Waals surface area (Å²) in [5.41, 5.74) is 6.58. The molecular weight excluding hydrogens is 360 g/mol. The third kappa shape index (κ3) is 2.92. The highest BCUT2D eigenvalue weighted by atomic mass is 16.1. The monoisotopic (exact) mass is 376 g/mol. The maximum atomic E-state index is 12.8. The van der Waals surface area contributed by atoms with E-state index >= 15 is 0 Å². The third-order valence-corrected chi connectivity index (χ3v) is 4.10. The Kier molecular flexibility index (Phi) is 4.20. The number of primary amides is 1. The number of fused-ring (bicyclic) bond motifs is 1. The van der Waals surface area contributed by atoms with Gasteiger partial charge < -0.3 is 16.4 Å². The van der Waals surface area contributed by atoms with Crippen LogP contribution in [0.1, 0.15) is 10.5 Å². The molecule has 0 saturated heterocycles. The summed E-state index contributed by atoms with van der Waals surface area (Å²) in [6.07, 6.45) is 4.60. The number of hydrogen-bond acceptors (Lipinski definition) is 7. The summed E-state index contributed by atoms with van der Waals surface area (Å²) in [5.74, 6) is 0.186. The van der Waals surface area contributed by atoms with Gasteiger partial charge in [0.25, 0.3) is 11.5 Å². The molecule has 1 amide bonds. The number of aromatic nitrogens is 5. The van der Waals surface area contributed by atoms with Crippen LogP contribution in [0.15, 0.2) is 59.8 Å². The van der Waals surface area contributed by atoms with Gasteiger partial charge in [0.1, 0.15) is 17.2 Å². The Morgan fingerprint density at radius 2 is 2.00 bits per heavy atom. The van der Waals surface area contributed by atoms with Gasteiger partial charge in [0.05, 0.1) is 11.9 Å². The molecular formula is C18H16N8O2. The maximum Gasteiger partial charge on any atom is 0.279 e. The number of nitrogens with zero attached hydrogens (tertiary/aromatic N) is 5. The lowest BCUT2D eigenvalue weighted by Crippen LogP contribution is -2.21. The molecule has 4 aromatic heterocycles. The highest BCUT2D eigenvalue weighted by Crippen LogP contribution is 2.21. The first-order valence-corrected chi connectivity index (χ1v) is 8.35. The van der Waals surface area contributed by atoms with Gasteiger partial charge in [-0.2, -0.15) is 0 Å². The molecule has 0 saturated carbocycles. The molecule has 0 unspecified atom stereocenters. The second-order valence-electron chi connectivity index (χ2n) is 5.85. The van der Waals surface area contributed by atoms with Crippen molar-refractivity contribution >= 4 is 28.7 Å². The summed E-state index contributed by atoms with van der Waals surface area (Å²) >= 11 is 0. The van der Waals surface area contributed by atoms with Crippen LogP contribution in [0.2, 0.25) is 0 Å². The topological polar surface area (TPSA) is 132 Å². The molecule has 4 rings (SSSR count). The number of nitrogens with one attached hydrogen (secondary N) is 2. The van der Waals surface area contributed by atoms with E-state index < -0.39 is 5.91 Å². The van der Waals surface area contributed by atoms with Crippen LogP contribution in [-0.2, 0) is 0 Å². The molecule has 10 heteroatoms. The Bertz CT molecular complexity index is 1230. The Labute approximate surface area is 158 Å². The summed E-state index contributed by atoms with van der Waals surface area (Å²) in [6, 6.07) is 10.4. The standard InChI is InChI=1S/C18H16N8O2/c1-20-12-9-14(24-26-13(16(19)27)10-22-17(12)26)23-11-5-4-8-25(18(11)28)15-6-2-3-7-21-15/h2-10,20H,1H3,(H2,19,27)(H,23,24). The smallest absolute Gasteiger partial charge is 0.279 e. The lowest BCUT2D eigenvalue weighted by Gasteiger charge is -2.11. The fourth-order valence-electron chi connectivity index (χ4n) is 2.79. The Morgan fingerprint density at radius 1 is 1.14 bits per heavy atom. The molecule has 10 nitrogen and oxygen atoms in total. The summed E-state index contributed by atoms with van der Waals surface area (Å²) in [4.78, 5) is 32.8. The van der Waals surface area contributed by atoms with Gasteiger partial charge in [-0.3, -0.25) is 14.2 Å². The molecule has 0 aliphatic carbocycles. The molecule has 0 aliphatic heterocycles. The van der Waals surface area contributed by atoms with Gasteiger partial charge >= 0.3 is 0 Å². The Morgan fingerprint density at radius 3 is 2.71 bits per heavy atom. The van der Waals surface area contributed by atoms with Crippen molar-refractivity contribution in [2.75, 3.05) is 17.7 Å². The number of carbonyl (C=O) groups is 1. The minimum atomic E-state index is -0.656. The lowest BCUT2D eigenvalue weighted by molar-refractivity contribution is 0.0993. The van der Waals surface area contributed by atoms with E-state index in [0.717, 1.165) is 0 Å². The number of hydrogen-bond donors (Lipinski definition) is 3. The van der Waals surface area contributed by atoms with Crippen LogP contribution in [0.4, 0.5) is 17.2 Å². The number of anilines is 3. The minimum Gasteiger partial charge on any atom is -0.385 e. The van der Waals surface area contributed by atoms with Crippen molar-refractivity contribution in [3.05, 3.63) is 71.0 Å². The fraction of sp³-hybridized carbons (Fsp3) is 0.0556. The zero-order valence-corrected chi connectivity index (χ0v) is 14.8. The van der Waals surface area contributed by atoms with E-state index in [0.29, 0.717) is 28.7 Å². The van der Waals surface area contributed by atoms with Gasteiger partial charge in [0.15, 0.2) is 11.5 Å². The molecule has 0 fully saturated rings. The van der Waals surface area contributed by atoms with Crippen LogP contribution < -0.4 is 21.9 Å². The van der Waals surface area contributed by atoms with E-state index in [1.165, 1.54) is 15.3 Å². The average Bonchev–Trinajstić information content (AvgIpc) is 3.14. The normalized spacial score (nSPS) is 10.8. The summed E-state index contributed by atoms with van der Waals surface area (Å²) in [6.45, 7) is 0. The first-order valence-electron chi connectivity index (χ1n) is 8.35. The van der Waals surface area contributed by atoms with Crippen molar-refractivity contribution in [3.63, 3.8) is 0 Å². The fourth-order valence-corrected chi connectivity index (χ4v) is 2.79. The van der Waals surface area contributed by atoms with Crippen LogP contribution in [0.5, 0.6) is 0 Å². The zero-order valence-electron chi connectivity index (χ0n) is 14.8. The van der Waals surface area contributed by atoms with Crippen LogP contribution in [-0.4, -0.2) is 37.1 Å². The molecule has 4 heterocycles. The van der Waals surface area contributed by atoms with Crippen LogP contribution in [0, 0.1) is 0 Å². The van der Waals surface area contributed by atoms with Crippen molar-refractivity contribution in [1.29, 1.82) is 0 Å². The van der Waals surface area contributed by atoms with Crippen molar-refractivity contribution in [1.82, 2.24) is 24.1 Å². The van der Waals surface area contributed by atoms with Crippen molar-refractivity contribution in [2.24, 2.45) is 5.73 Å². The molecule has 4 N–H and O–H groups in total.